The van der Waals surface area contributed by atoms with Crippen LogP contribution in [-0.2, 0) is 9.53 Å². The molecule has 1 aromatic heterocycles. The van der Waals surface area contributed by atoms with E-state index in [1.807, 2.05) is 0 Å². The molecule has 10 heteroatoms. The average Bonchev–Trinajstić information content (AvgIpc) is 3.05. The van der Waals surface area contributed by atoms with E-state index >= 15 is 0 Å². The first-order chi connectivity index (χ1) is 14.3. The number of benzene rings is 1. The minimum Gasteiger partial charge on any atom is -0.480 e. The highest BCUT2D eigenvalue weighted by Crippen LogP contribution is 2.29. The Labute approximate surface area is 173 Å². The van der Waals surface area contributed by atoms with Crippen LogP contribution in [0.15, 0.2) is 30.6 Å². The highest BCUT2D eigenvalue weighted by molar-refractivity contribution is 5.91. The van der Waals surface area contributed by atoms with E-state index in [1.54, 1.807) is 32.1 Å². The smallest absolute Gasteiger partial charge is 0.338 e. The first-order valence-corrected chi connectivity index (χ1v) is 9.15. The van der Waals surface area contributed by atoms with E-state index in [4.69, 9.17) is 14.2 Å². The van der Waals surface area contributed by atoms with Crippen LogP contribution in [0, 0.1) is 0 Å². The zero-order valence-corrected chi connectivity index (χ0v) is 17.1. The number of amides is 2. The molecule has 30 heavy (non-hydrogen) atoms. The number of aromatic nitrogens is 2. The molecule has 2 amide bonds. The monoisotopic (exact) mass is 414 g/mol. The van der Waals surface area contributed by atoms with Crippen LogP contribution < -0.4 is 9.47 Å². The predicted molar refractivity (Wildman–Crippen MR) is 105 cm³/mol. The van der Waals surface area contributed by atoms with Crippen molar-refractivity contribution < 1.29 is 28.6 Å². The summed E-state index contributed by atoms with van der Waals surface area (Å²) in [6.45, 7) is 0.594. The van der Waals surface area contributed by atoms with Gasteiger partial charge in [0.05, 0.1) is 25.1 Å². The standard InChI is InChI=1S/C20H22N4O6/c1-23(2)18(25)15-10-22-17(11-21-15)30-14-8-12(20(27)28-4)7-13(9-14)29-16-5-6-24(3)19(16)26/h7-11,16H,5-6H2,1-4H3/t16-/m0/s1. The lowest BCUT2D eigenvalue weighted by molar-refractivity contribution is -0.132. The summed E-state index contributed by atoms with van der Waals surface area (Å²) in [5.74, 6) is -0.355. The Bertz CT molecular complexity index is 960. The summed E-state index contributed by atoms with van der Waals surface area (Å²) in [4.78, 5) is 47.1. The van der Waals surface area contributed by atoms with Crippen LogP contribution in [0.5, 0.6) is 17.4 Å². The summed E-state index contributed by atoms with van der Waals surface area (Å²) < 4.78 is 16.2. The molecule has 1 atom stereocenters. The highest BCUT2D eigenvalue weighted by atomic mass is 16.5. The van der Waals surface area contributed by atoms with Crippen LogP contribution in [0.25, 0.3) is 0 Å². The molecule has 1 aliphatic heterocycles. The molecule has 1 aliphatic rings. The minimum atomic E-state index is -0.633. The Hall–Kier alpha value is -3.69. The van der Waals surface area contributed by atoms with Gasteiger partial charge in [0.2, 0.25) is 5.88 Å². The lowest BCUT2D eigenvalue weighted by atomic mass is 10.2. The van der Waals surface area contributed by atoms with Crippen LogP contribution in [0.4, 0.5) is 0 Å². The number of esters is 1. The third kappa shape index (κ3) is 4.65. The number of methoxy groups -OCH3 is 1. The average molecular weight is 414 g/mol. The molecule has 1 aromatic carbocycles. The van der Waals surface area contributed by atoms with E-state index in [1.165, 1.54) is 36.5 Å². The van der Waals surface area contributed by atoms with E-state index in [-0.39, 0.29) is 40.5 Å². The number of hydrogen-bond acceptors (Lipinski definition) is 8. The molecule has 0 radical (unpaired) electrons. The molecule has 0 N–H and O–H groups in total. The normalized spacial score (nSPS) is 15.7. The van der Waals surface area contributed by atoms with E-state index in [0.717, 1.165) is 0 Å². The van der Waals surface area contributed by atoms with Gasteiger partial charge in [-0.15, -0.1) is 0 Å². The van der Waals surface area contributed by atoms with Gasteiger partial charge in [-0.25, -0.2) is 14.8 Å². The maximum atomic E-state index is 12.1. The fraction of sp³-hybridized carbons (Fsp3) is 0.350. The molecule has 158 valence electrons. The van der Waals surface area contributed by atoms with Gasteiger partial charge in [0.25, 0.3) is 11.8 Å². The van der Waals surface area contributed by atoms with Crippen LogP contribution in [0.3, 0.4) is 0 Å². The Morgan fingerprint density at radius 2 is 1.87 bits per heavy atom. The van der Waals surface area contributed by atoms with Gasteiger partial charge in [-0.3, -0.25) is 9.59 Å². The number of ether oxygens (including phenoxy) is 3. The maximum Gasteiger partial charge on any atom is 0.338 e. The molecule has 0 bridgehead atoms. The summed E-state index contributed by atoms with van der Waals surface area (Å²) in [6, 6.07) is 4.48. The first-order valence-electron chi connectivity index (χ1n) is 9.15. The number of likely N-dealkylation sites (N-methyl/N-ethyl adjacent to an activating group) is 1. The summed E-state index contributed by atoms with van der Waals surface area (Å²) in [6.07, 6.45) is 2.51. The third-order valence-corrected chi connectivity index (χ3v) is 4.43. The number of hydrogen-bond donors (Lipinski definition) is 0. The molecule has 1 saturated heterocycles. The van der Waals surface area contributed by atoms with Crippen molar-refractivity contribution >= 4 is 17.8 Å². The van der Waals surface area contributed by atoms with Gasteiger partial charge < -0.3 is 24.0 Å². The van der Waals surface area contributed by atoms with Gasteiger partial charge in [-0.1, -0.05) is 0 Å². The molecular formula is C20H22N4O6. The third-order valence-electron chi connectivity index (χ3n) is 4.43. The first kappa shape index (κ1) is 21.0. The number of nitrogens with zero attached hydrogens (tertiary/aromatic N) is 4. The largest absolute Gasteiger partial charge is 0.480 e. The predicted octanol–water partition coefficient (Wildman–Crippen LogP) is 1.37. The van der Waals surface area contributed by atoms with Crippen molar-refractivity contribution in [3.8, 4) is 17.4 Å². The Kier molecular flexibility index (Phi) is 6.14. The van der Waals surface area contributed by atoms with Crippen molar-refractivity contribution in [2.45, 2.75) is 12.5 Å². The molecule has 0 aliphatic carbocycles. The van der Waals surface area contributed by atoms with Crippen molar-refractivity contribution in [1.29, 1.82) is 0 Å². The molecule has 2 aromatic rings. The Morgan fingerprint density at radius 3 is 2.43 bits per heavy atom. The van der Waals surface area contributed by atoms with Crippen molar-refractivity contribution in [3.05, 3.63) is 41.9 Å². The molecule has 0 saturated carbocycles. The fourth-order valence-electron chi connectivity index (χ4n) is 2.83. The van der Waals surface area contributed by atoms with Crippen molar-refractivity contribution in [2.24, 2.45) is 0 Å². The number of rotatable bonds is 6. The SMILES string of the molecule is COC(=O)c1cc(Oc2cnc(C(=O)N(C)C)cn2)cc(O[C@H]2CCN(C)C2=O)c1. The second kappa shape index (κ2) is 8.76. The van der Waals surface area contributed by atoms with E-state index in [9.17, 15) is 14.4 Å². The topological polar surface area (TPSA) is 111 Å². The quantitative estimate of drug-likeness (QED) is 0.652. The second-order valence-electron chi connectivity index (χ2n) is 6.88. The number of carbonyl (C=O) groups is 3. The summed E-state index contributed by atoms with van der Waals surface area (Å²) in [5.41, 5.74) is 0.361. The maximum absolute atomic E-state index is 12.1. The van der Waals surface area contributed by atoms with Gasteiger partial charge >= 0.3 is 5.97 Å². The van der Waals surface area contributed by atoms with Crippen LogP contribution >= 0.6 is 0 Å². The van der Waals surface area contributed by atoms with Gasteiger partial charge in [-0.2, -0.15) is 0 Å². The number of carbonyl (C=O) groups excluding carboxylic acids is 3. The Balaban J connectivity index is 1.83. The summed E-state index contributed by atoms with van der Waals surface area (Å²) in [7, 11) is 6.19. The van der Waals surface area contributed by atoms with Gasteiger partial charge in [0, 0.05) is 40.2 Å². The molecular weight excluding hydrogens is 392 g/mol. The van der Waals surface area contributed by atoms with Crippen molar-refractivity contribution in [3.63, 3.8) is 0 Å². The summed E-state index contributed by atoms with van der Waals surface area (Å²) in [5, 5.41) is 0. The minimum absolute atomic E-state index is 0.120. The zero-order valence-electron chi connectivity index (χ0n) is 17.1. The van der Waals surface area contributed by atoms with Crippen LogP contribution in [0.2, 0.25) is 0 Å². The second-order valence-corrected chi connectivity index (χ2v) is 6.88. The van der Waals surface area contributed by atoms with Crippen molar-refractivity contribution in [2.75, 3.05) is 34.8 Å². The van der Waals surface area contributed by atoms with Gasteiger partial charge in [0.1, 0.15) is 17.2 Å². The molecule has 1 fully saturated rings. The fourth-order valence-corrected chi connectivity index (χ4v) is 2.83. The lowest BCUT2D eigenvalue weighted by Gasteiger charge is -2.15. The highest BCUT2D eigenvalue weighted by Gasteiger charge is 2.31. The molecule has 0 spiro atoms. The molecule has 0 unspecified atom stereocenters. The van der Waals surface area contributed by atoms with Crippen LogP contribution in [-0.4, -0.2) is 78.5 Å². The zero-order chi connectivity index (χ0) is 21.8. The van der Waals surface area contributed by atoms with Crippen LogP contribution in [0.1, 0.15) is 27.3 Å². The summed E-state index contributed by atoms with van der Waals surface area (Å²) >= 11 is 0. The van der Waals surface area contributed by atoms with Crippen molar-refractivity contribution in [1.82, 2.24) is 19.8 Å². The number of likely N-dealkylation sites (tertiary alicyclic amines) is 1. The Morgan fingerprint density at radius 1 is 1.13 bits per heavy atom. The van der Waals surface area contributed by atoms with Gasteiger partial charge in [-0.05, 0) is 12.1 Å². The van der Waals surface area contributed by atoms with E-state index in [0.29, 0.717) is 13.0 Å². The molecule has 2 heterocycles. The van der Waals surface area contributed by atoms with E-state index < -0.39 is 12.1 Å². The lowest BCUT2D eigenvalue weighted by Crippen LogP contribution is -2.29. The van der Waals surface area contributed by atoms with Gasteiger partial charge in [0.15, 0.2) is 6.10 Å². The van der Waals surface area contributed by atoms with E-state index in [2.05, 4.69) is 9.97 Å². The molecule has 3 rings (SSSR count). The molecule has 10 nitrogen and oxygen atoms in total.